The molecule has 0 aliphatic carbocycles. The van der Waals surface area contributed by atoms with Gasteiger partial charge in [-0.3, -0.25) is 4.90 Å². The Morgan fingerprint density at radius 1 is 1.03 bits per heavy atom. The number of hydrogen-bond donors (Lipinski definition) is 2. The van der Waals surface area contributed by atoms with Crippen LogP contribution in [-0.2, 0) is 12.8 Å². The summed E-state index contributed by atoms with van der Waals surface area (Å²) < 4.78 is 22.4. The number of ether oxygens (including phenoxy) is 4. The Hall–Kier alpha value is -3.13. The van der Waals surface area contributed by atoms with Crippen LogP contribution in [0.15, 0.2) is 60.7 Å². The summed E-state index contributed by atoms with van der Waals surface area (Å²) in [5.74, 6) is 3.13. The Kier molecular flexibility index (Phi) is 7.90. The van der Waals surface area contributed by atoms with Crippen molar-refractivity contribution in [1.82, 2.24) is 4.90 Å². The van der Waals surface area contributed by atoms with E-state index in [1.807, 2.05) is 24.3 Å². The lowest BCUT2D eigenvalue weighted by atomic mass is 9.88. The number of anilines is 1. The van der Waals surface area contributed by atoms with E-state index in [2.05, 4.69) is 29.2 Å². The van der Waals surface area contributed by atoms with Gasteiger partial charge in [-0.25, -0.2) is 0 Å². The molecule has 0 spiro atoms. The summed E-state index contributed by atoms with van der Waals surface area (Å²) in [5.41, 5.74) is 10.1. The number of aliphatic hydroxyl groups excluding tert-OH is 1. The Balaban J connectivity index is 0.00000289. The molecule has 5 rings (SSSR count). The highest BCUT2D eigenvalue weighted by molar-refractivity contribution is 5.85. The van der Waals surface area contributed by atoms with E-state index in [0.29, 0.717) is 18.0 Å². The molecule has 7 nitrogen and oxygen atoms in total. The van der Waals surface area contributed by atoms with E-state index < -0.39 is 6.10 Å². The quantitative estimate of drug-likeness (QED) is 0.454. The summed E-state index contributed by atoms with van der Waals surface area (Å²) >= 11 is 0. The third kappa shape index (κ3) is 5.75. The van der Waals surface area contributed by atoms with E-state index >= 15 is 0 Å². The van der Waals surface area contributed by atoms with Gasteiger partial charge < -0.3 is 29.8 Å². The lowest BCUT2D eigenvalue weighted by molar-refractivity contribution is 0.0483. The number of nitrogens with two attached hydrogens (primary N) is 1. The van der Waals surface area contributed by atoms with Crippen molar-refractivity contribution >= 4 is 18.1 Å². The number of hydrogen-bond acceptors (Lipinski definition) is 7. The molecule has 8 heteroatoms. The normalized spacial score (nSPS) is 17.3. The summed E-state index contributed by atoms with van der Waals surface area (Å²) in [6.45, 7) is 1.81. The first-order valence-corrected chi connectivity index (χ1v) is 11.5. The minimum atomic E-state index is -0.633. The summed E-state index contributed by atoms with van der Waals surface area (Å²) in [6.07, 6.45) is 1.06. The molecule has 35 heavy (non-hydrogen) atoms. The molecule has 0 radical (unpaired) electrons. The van der Waals surface area contributed by atoms with Gasteiger partial charge >= 0.3 is 0 Å². The zero-order chi connectivity index (χ0) is 23.5. The first-order valence-electron chi connectivity index (χ1n) is 11.5. The number of aliphatic hydroxyl groups is 1. The second-order valence-corrected chi connectivity index (χ2v) is 8.75. The lowest BCUT2D eigenvalue weighted by Crippen LogP contribution is -2.42. The van der Waals surface area contributed by atoms with E-state index in [-0.39, 0.29) is 31.8 Å². The van der Waals surface area contributed by atoms with Crippen molar-refractivity contribution in [2.24, 2.45) is 0 Å². The van der Waals surface area contributed by atoms with Crippen molar-refractivity contribution in [2.45, 2.75) is 25.0 Å². The van der Waals surface area contributed by atoms with Crippen LogP contribution in [-0.4, -0.2) is 49.7 Å². The molecule has 2 atom stereocenters. The van der Waals surface area contributed by atoms with Crippen LogP contribution in [0.1, 0.15) is 22.7 Å². The van der Waals surface area contributed by atoms with E-state index in [0.717, 1.165) is 36.6 Å². The van der Waals surface area contributed by atoms with Crippen LogP contribution in [0.25, 0.3) is 0 Å². The fraction of sp³-hybridized carbons (Fsp3) is 0.333. The van der Waals surface area contributed by atoms with Gasteiger partial charge in [-0.05, 0) is 78.1 Å². The molecule has 0 aromatic heterocycles. The number of methoxy groups -OCH3 is 1. The van der Waals surface area contributed by atoms with Crippen molar-refractivity contribution in [1.29, 1.82) is 0 Å². The van der Waals surface area contributed by atoms with Gasteiger partial charge in [-0.2, -0.15) is 0 Å². The molecule has 2 unspecified atom stereocenters. The summed E-state index contributed by atoms with van der Waals surface area (Å²) in [7, 11) is 1.67. The standard InChI is InChI=1S/C27H30N2O5.ClH/c1-31-22-6-2-18(3-7-22)12-25-24-14-27-26(33-17-34-27)13-19(24)10-11-29(25)15-21(30)16-32-23-8-4-20(28)5-9-23;/h2-9,13-14,21,25,30H,10-12,15-17,28H2,1H3;1H. The molecule has 2 heterocycles. The van der Waals surface area contributed by atoms with Gasteiger partial charge in [-0.1, -0.05) is 12.1 Å². The molecule has 0 saturated carbocycles. The number of benzene rings is 3. The highest BCUT2D eigenvalue weighted by Crippen LogP contribution is 2.41. The Bertz CT molecular complexity index is 1120. The van der Waals surface area contributed by atoms with Crippen molar-refractivity contribution in [3.05, 3.63) is 77.4 Å². The molecule has 2 aliphatic heterocycles. The Morgan fingerprint density at radius 2 is 1.71 bits per heavy atom. The predicted octanol–water partition coefficient (Wildman–Crippen LogP) is 4.01. The van der Waals surface area contributed by atoms with Crippen molar-refractivity contribution in [3.8, 4) is 23.0 Å². The van der Waals surface area contributed by atoms with E-state index in [9.17, 15) is 5.11 Å². The van der Waals surface area contributed by atoms with Crippen LogP contribution >= 0.6 is 12.4 Å². The second-order valence-electron chi connectivity index (χ2n) is 8.75. The molecule has 0 amide bonds. The summed E-state index contributed by atoms with van der Waals surface area (Å²) in [5, 5.41) is 10.8. The fourth-order valence-electron chi connectivity index (χ4n) is 4.67. The van der Waals surface area contributed by atoms with Gasteiger partial charge in [-0.15, -0.1) is 12.4 Å². The second kappa shape index (κ2) is 11.1. The Morgan fingerprint density at radius 3 is 2.43 bits per heavy atom. The first-order chi connectivity index (χ1) is 16.6. The number of fused-ring (bicyclic) bond motifs is 2. The summed E-state index contributed by atoms with van der Waals surface area (Å²) in [6, 6.07) is 19.7. The zero-order valence-electron chi connectivity index (χ0n) is 19.7. The minimum Gasteiger partial charge on any atom is -0.497 e. The molecule has 3 aromatic rings. The van der Waals surface area contributed by atoms with Crippen molar-refractivity contribution < 1.29 is 24.1 Å². The van der Waals surface area contributed by atoms with E-state index in [1.54, 1.807) is 19.2 Å². The molecule has 0 fully saturated rings. The molecule has 186 valence electrons. The SMILES string of the molecule is COc1ccc(CC2c3cc4c(cc3CCN2CC(O)COc2ccc(N)cc2)OCO4)cc1.Cl. The van der Waals surface area contributed by atoms with Crippen LogP contribution in [0.3, 0.4) is 0 Å². The average molecular weight is 499 g/mol. The van der Waals surface area contributed by atoms with E-state index in [1.165, 1.54) is 16.7 Å². The maximum Gasteiger partial charge on any atom is 0.231 e. The average Bonchev–Trinajstić information content (AvgIpc) is 3.32. The molecule has 2 aliphatic rings. The van der Waals surface area contributed by atoms with Crippen LogP contribution < -0.4 is 24.7 Å². The van der Waals surface area contributed by atoms with Crippen LogP contribution in [0, 0.1) is 0 Å². The van der Waals surface area contributed by atoms with Crippen LogP contribution in [0.5, 0.6) is 23.0 Å². The first kappa shape index (κ1) is 25.0. The molecule has 3 aromatic carbocycles. The molecule has 3 N–H and O–H groups in total. The number of nitrogens with zero attached hydrogens (tertiary/aromatic N) is 1. The maximum atomic E-state index is 10.8. The third-order valence-corrected chi connectivity index (χ3v) is 6.46. The third-order valence-electron chi connectivity index (χ3n) is 6.46. The van der Waals surface area contributed by atoms with Crippen LogP contribution in [0.4, 0.5) is 5.69 Å². The minimum absolute atomic E-state index is 0. The maximum absolute atomic E-state index is 10.8. The van der Waals surface area contributed by atoms with Crippen molar-refractivity contribution in [3.63, 3.8) is 0 Å². The topological polar surface area (TPSA) is 86.4 Å². The molecular formula is C27H31ClN2O5. The summed E-state index contributed by atoms with van der Waals surface area (Å²) in [4.78, 5) is 2.34. The van der Waals surface area contributed by atoms with Gasteiger partial charge in [0.25, 0.3) is 0 Å². The molecular weight excluding hydrogens is 468 g/mol. The monoisotopic (exact) mass is 498 g/mol. The fourth-order valence-corrected chi connectivity index (χ4v) is 4.67. The predicted molar refractivity (Wildman–Crippen MR) is 137 cm³/mol. The van der Waals surface area contributed by atoms with Crippen LogP contribution in [0.2, 0.25) is 0 Å². The Labute approximate surface area is 211 Å². The molecule has 0 bridgehead atoms. The molecule has 0 saturated heterocycles. The zero-order valence-corrected chi connectivity index (χ0v) is 20.5. The van der Waals surface area contributed by atoms with Gasteiger partial charge in [0, 0.05) is 24.8 Å². The van der Waals surface area contributed by atoms with E-state index in [4.69, 9.17) is 24.7 Å². The smallest absolute Gasteiger partial charge is 0.231 e. The van der Waals surface area contributed by atoms with Gasteiger partial charge in [0.1, 0.15) is 24.2 Å². The van der Waals surface area contributed by atoms with Crippen molar-refractivity contribution in [2.75, 3.05) is 39.3 Å². The number of rotatable bonds is 8. The number of nitrogen functional groups attached to an aromatic ring is 1. The van der Waals surface area contributed by atoms with Gasteiger partial charge in [0.05, 0.1) is 7.11 Å². The lowest BCUT2D eigenvalue weighted by Gasteiger charge is -2.38. The van der Waals surface area contributed by atoms with Gasteiger partial charge in [0.2, 0.25) is 6.79 Å². The number of halogens is 1. The highest BCUT2D eigenvalue weighted by atomic mass is 35.5. The number of β-amino-alcohol motifs (C(OH)–C–C–N with tert-alkyl or cyclic N) is 1. The highest BCUT2D eigenvalue weighted by Gasteiger charge is 2.31. The largest absolute Gasteiger partial charge is 0.497 e. The van der Waals surface area contributed by atoms with Gasteiger partial charge in [0.15, 0.2) is 11.5 Å².